The van der Waals surface area contributed by atoms with E-state index in [0.717, 1.165) is 32.1 Å². The molecule has 0 aromatic carbocycles. The normalized spacial score (nSPS) is 23.0. The first-order valence-electron chi connectivity index (χ1n) is 9.00. The Morgan fingerprint density at radius 2 is 1.62 bits per heavy atom. The van der Waals surface area contributed by atoms with Gasteiger partial charge >= 0.3 is 0 Å². The molecule has 21 heavy (non-hydrogen) atoms. The first-order chi connectivity index (χ1) is 10.1. The van der Waals surface area contributed by atoms with E-state index in [1.807, 2.05) is 7.05 Å². The summed E-state index contributed by atoms with van der Waals surface area (Å²) in [6, 6.07) is 0.162. The van der Waals surface area contributed by atoms with E-state index in [1.165, 1.54) is 44.9 Å². The molecule has 1 saturated heterocycles. The molecule has 1 fully saturated rings. The number of rotatable bonds is 11. The summed E-state index contributed by atoms with van der Waals surface area (Å²) in [5.41, 5.74) is 0. The van der Waals surface area contributed by atoms with Gasteiger partial charge in [0.05, 0.1) is 11.0 Å². The molecule has 1 heterocycles. The van der Waals surface area contributed by atoms with Gasteiger partial charge in [0.1, 0.15) is 0 Å². The van der Waals surface area contributed by atoms with Gasteiger partial charge in [0.2, 0.25) is 0 Å². The van der Waals surface area contributed by atoms with Crippen LogP contribution in [0.2, 0.25) is 0 Å². The fourth-order valence-electron chi connectivity index (χ4n) is 3.45. The third-order valence-corrected chi connectivity index (χ3v) is 7.16. The quantitative estimate of drug-likeness (QED) is 0.584. The molecule has 1 N–H and O–H groups in total. The van der Waals surface area contributed by atoms with Crippen LogP contribution in [0.3, 0.4) is 0 Å². The van der Waals surface area contributed by atoms with Crippen molar-refractivity contribution in [1.29, 1.82) is 0 Å². The molecule has 0 aromatic heterocycles. The Morgan fingerprint density at radius 1 is 1.00 bits per heavy atom. The Labute approximate surface area is 132 Å². The predicted molar refractivity (Wildman–Crippen MR) is 91.5 cm³/mol. The van der Waals surface area contributed by atoms with Gasteiger partial charge in [0.15, 0.2) is 9.84 Å². The molecule has 0 aliphatic carbocycles. The standard InChI is InChI=1S/C17H35NO2S/c1-3-4-5-6-7-8-9-10-13-16(18-2)17-14-11-12-15-21(17,19)20/h16-18H,3-15H2,1-2H3. The Balaban J connectivity index is 2.19. The highest BCUT2D eigenvalue weighted by atomic mass is 32.2. The lowest BCUT2D eigenvalue weighted by atomic mass is 10.00. The van der Waals surface area contributed by atoms with Crippen molar-refractivity contribution in [3.63, 3.8) is 0 Å². The lowest BCUT2D eigenvalue weighted by Gasteiger charge is -2.30. The Kier molecular flexibility index (Phi) is 9.57. The number of hydrogen-bond donors (Lipinski definition) is 1. The minimum Gasteiger partial charge on any atom is -0.316 e. The minimum absolute atomic E-state index is 0.138. The first-order valence-corrected chi connectivity index (χ1v) is 10.7. The van der Waals surface area contributed by atoms with Crippen LogP contribution >= 0.6 is 0 Å². The van der Waals surface area contributed by atoms with Crippen LogP contribution in [-0.2, 0) is 9.84 Å². The van der Waals surface area contributed by atoms with Crippen LogP contribution in [0.5, 0.6) is 0 Å². The maximum Gasteiger partial charge on any atom is 0.154 e. The highest BCUT2D eigenvalue weighted by Gasteiger charge is 2.34. The van der Waals surface area contributed by atoms with Gasteiger partial charge in [-0.3, -0.25) is 0 Å². The van der Waals surface area contributed by atoms with E-state index in [4.69, 9.17) is 0 Å². The molecule has 0 saturated carbocycles. The maximum atomic E-state index is 12.2. The van der Waals surface area contributed by atoms with Gasteiger partial charge in [0, 0.05) is 6.04 Å². The van der Waals surface area contributed by atoms with E-state index in [-0.39, 0.29) is 11.3 Å². The van der Waals surface area contributed by atoms with Crippen molar-refractivity contribution in [2.75, 3.05) is 12.8 Å². The van der Waals surface area contributed by atoms with Crippen LogP contribution in [0.25, 0.3) is 0 Å². The van der Waals surface area contributed by atoms with Crippen molar-refractivity contribution in [3.05, 3.63) is 0 Å². The average molecular weight is 318 g/mol. The average Bonchev–Trinajstić information content (AvgIpc) is 2.46. The van der Waals surface area contributed by atoms with E-state index in [2.05, 4.69) is 12.2 Å². The van der Waals surface area contributed by atoms with Crippen LogP contribution in [0, 0.1) is 0 Å². The molecule has 1 aliphatic rings. The van der Waals surface area contributed by atoms with Gasteiger partial charge in [0.25, 0.3) is 0 Å². The van der Waals surface area contributed by atoms with Crippen LogP contribution < -0.4 is 5.32 Å². The molecule has 0 spiro atoms. The largest absolute Gasteiger partial charge is 0.316 e. The van der Waals surface area contributed by atoms with Crippen molar-refractivity contribution in [2.24, 2.45) is 0 Å². The molecule has 0 amide bonds. The van der Waals surface area contributed by atoms with Gasteiger partial charge in [-0.1, -0.05) is 64.7 Å². The third-order valence-electron chi connectivity index (χ3n) is 4.82. The summed E-state index contributed by atoms with van der Waals surface area (Å²) in [4.78, 5) is 0. The third kappa shape index (κ3) is 7.14. The molecule has 4 heteroatoms. The molecule has 0 radical (unpaired) electrons. The minimum atomic E-state index is -2.86. The van der Waals surface area contributed by atoms with Gasteiger partial charge in [-0.2, -0.15) is 0 Å². The van der Waals surface area contributed by atoms with Crippen molar-refractivity contribution in [2.45, 2.75) is 95.3 Å². The smallest absolute Gasteiger partial charge is 0.154 e. The summed E-state index contributed by atoms with van der Waals surface area (Å²) in [5.74, 6) is 0.396. The summed E-state index contributed by atoms with van der Waals surface area (Å²) >= 11 is 0. The number of nitrogens with one attached hydrogen (secondary N) is 1. The number of sulfone groups is 1. The zero-order valence-corrected chi connectivity index (χ0v) is 14.9. The Hall–Kier alpha value is -0.0900. The lowest BCUT2D eigenvalue weighted by molar-refractivity contribution is 0.422. The van der Waals surface area contributed by atoms with E-state index in [1.54, 1.807) is 0 Å². The van der Waals surface area contributed by atoms with Gasteiger partial charge in [-0.15, -0.1) is 0 Å². The number of hydrogen-bond acceptors (Lipinski definition) is 3. The molecule has 2 unspecified atom stereocenters. The Bertz CT molecular complexity index is 354. The van der Waals surface area contributed by atoms with Crippen LogP contribution in [0.4, 0.5) is 0 Å². The molecule has 0 bridgehead atoms. The molecule has 0 aromatic rings. The molecule has 1 aliphatic heterocycles. The van der Waals surface area contributed by atoms with E-state index < -0.39 is 9.84 Å². The van der Waals surface area contributed by atoms with Gasteiger partial charge in [-0.05, 0) is 26.3 Å². The molecular formula is C17H35NO2S. The first kappa shape index (κ1) is 19.0. The maximum absolute atomic E-state index is 12.2. The Morgan fingerprint density at radius 3 is 2.19 bits per heavy atom. The van der Waals surface area contributed by atoms with Gasteiger partial charge < -0.3 is 5.32 Å². The summed E-state index contributed by atoms with van der Waals surface area (Å²) in [5, 5.41) is 3.13. The van der Waals surface area contributed by atoms with E-state index in [9.17, 15) is 8.42 Å². The second-order valence-electron chi connectivity index (χ2n) is 6.56. The molecule has 3 nitrogen and oxygen atoms in total. The van der Waals surface area contributed by atoms with E-state index in [0.29, 0.717) is 5.75 Å². The SMILES string of the molecule is CCCCCCCCCCC(NC)C1CCCCS1(=O)=O. The van der Waals surface area contributed by atoms with Crippen molar-refractivity contribution >= 4 is 9.84 Å². The predicted octanol–water partition coefficient (Wildman–Crippen LogP) is 4.07. The summed E-state index contributed by atoms with van der Waals surface area (Å²) in [6.07, 6.45) is 14.2. The van der Waals surface area contributed by atoms with Crippen molar-refractivity contribution in [1.82, 2.24) is 5.32 Å². The molecule has 1 rings (SSSR count). The highest BCUT2D eigenvalue weighted by molar-refractivity contribution is 7.92. The number of unbranched alkanes of at least 4 members (excludes halogenated alkanes) is 7. The zero-order chi connectivity index (χ0) is 15.6. The summed E-state index contributed by atoms with van der Waals surface area (Å²) < 4.78 is 24.4. The van der Waals surface area contributed by atoms with Crippen LogP contribution in [-0.4, -0.2) is 32.5 Å². The van der Waals surface area contributed by atoms with Gasteiger partial charge in [-0.25, -0.2) is 8.42 Å². The van der Waals surface area contributed by atoms with Crippen molar-refractivity contribution < 1.29 is 8.42 Å². The van der Waals surface area contributed by atoms with Crippen LogP contribution in [0.15, 0.2) is 0 Å². The highest BCUT2D eigenvalue weighted by Crippen LogP contribution is 2.25. The summed E-state index contributed by atoms with van der Waals surface area (Å²) in [6.45, 7) is 2.25. The fraction of sp³-hybridized carbons (Fsp3) is 1.00. The molecular weight excluding hydrogens is 282 g/mol. The second-order valence-corrected chi connectivity index (χ2v) is 8.90. The van der Waals surface area contributed by atoms with Crippen LogP contribution in [0.1, 0.15) is 84.0 Å². The fourth-order valence-corrected chi connectivity index (χ4v) is 5.65. The zero-order valence-electron chi connectivity index (χ0n) is 14.1. The topological polar surface area (TPSA) is 46.2 Å². The monoisotopic (exact) mass is 317 g/mol. The summed E-state index contributed by atoms with van der Waals surface area (Å²) in [7, 11) is -0.939. The second kappa shape index (κ2) is 10.6. The molecule has 2 atom stereocenters. The lowest BCUT2D eigenvalue weighted by Crippen LogP contribution is -2.45. The van der Waals surface area contributed by atoms with Crippen molar-refractivity contribution in [3.8, 4) is 0 Å². The van der Waals surface area contributed by atoms with E-state index >= 15 is 0 Å². The molecule has 126 valence electrons.